The molecule has 1 aromatic rings. The fourth-order valence-corrected chi connectivity index (χ4v) is 1.61. The van der Waals surface area contributed by atoms with Crippen LogP contribution >= 0.6 is 11.3 Å². The van der Waals surface area contributed by atoms with Crippen molar-refractivity contribution in [2.45, 2.75) is 18.8 Å². The summed E-state index contributed by atoms with van der Waals surface area (Å²) in [4.78, 5) is 5.32. The van der Waals surface area contributed by atoms with Crippen LogP contribution in [0.1, 0.15) is 5.69 Å². The van der Waals surface area contributed by atoms with Gasteiger partial charge >= 0.3 is 6.18 Å². The molecule has 0 bridgehead atoms. The van der Waals surface area contributed by atoms with Crippen LogP contribution in [0.25, 0.3) is 0 Å². The molecule has 7 heteroatoms. The molecule has 0 spiro atoms. The minimum atomic E-state index is -4.56. The summed E-state index contributed by atoms with van der Waals surface area (Å²) in [5, 5.41) is 10.6. The zero-order chi connectivity index (χ0) is 11.5. The number of halogens is 3. The Morgan fingerprint density at radius 3 is 2.73 bits per heavy atom. The fourth-order valence-electron chi connectivity index (χ4n) is 1.06. The van der Waals surface area contributed by atoms with Crippen LogP contribution in [0, 0.1) is 0 Å². The van der Waals surface area contributed by atoms with Crippen LogP contribution in [0.15, 0.2) is 10.9 Å². The van der Waals surface area contributed by atoms with E-state index in [1.165, 1.54) is 23.3 Å². The summed E-state index contributed by atoms with van der Waals surface area (Å²) in [5.41, 5.74) is 2.32. The molecule has 1 N–H and O–H groups in total. The van der Waals surface area contributed by atoms with E-state index in [1.54, 1.807) is 10.9 Å². The van der Waals surface area contributed by atoms with E-state index in [2.05, 4.69) is 4.98 Å². The van der Waals surface area contributed by atoms with Gasteiger partial charge in [0.15, 0.2) is 6.10 Å². The highest BCUT2D eigenvalue weighted by Crippen LogP contribution is 2.20. The Kier molecular flexibility index (Phi) is 4.06. The molecule has 0 amide bonds. The second-order valence-corrected chi connectivity index (χ2v) is 3.95. The molecule has 1 rings (SSSR count). The van der Waals surface area contributed by atoms with Crippen molar-refractivity contribution in [3.63, 3.8) is 0 Å². The highest BCUT2D eigenvalue weighted by molar-refractivity contribution is 7.07. The number of rotatable bonds is 4. The number of hydrogen-bond donors (Lipinski definition) is 1. The predicted octanol–water partition coefficient (Wildman–Crippen LogP) is 1.50. The summed E-state index contributed by atoms with van der Waals surface area (Å²) in [5.74, 6) is 0. The van der Waals surface area contributed by atoms with E-state index in [-0.39, 0.29) is 0 Å². The molecule has 0 aromatic carbocycles. The van der Waals surface area contributed by atoms with Crippen LogP contribution in [0.4, 0.5) is 13.2 Å². The topological polar surface area (TPSA) is 36.4 Å². The molecule has 0 aliphatic heterocycles. The maximum Gasteiger partial charge on any atom is 0.415 e. The van der Waals surface area contributed by atoms with Crippen LogP contribution in [-0.4, -0.2) is 40.9 Å². The van der Waals surface area contributed by atoms with Gasteiger partial charge in [-0.25, -0.2) is 4.98 Å². The highest BCUT2D eigenvalue weighted by Gasteiger charge is 2.38. The van der Waals surface area contributed by atoms with Crippen molar-refractivity contribution in [2.24, 2.45) is 0 Å². The SMILES string of the molecule is CN(Cc1cscn1)CC(O)C(F)(F)F. The van der Waals surface area contributed by atoms with Crippen LogP contribution in [-0.2, 0) is 6.54 Å². The summed E-state index contributed by atoms with van der Waals surface area (Å²) in [6.07, 6.45) is -6.86. The number of aliphatic hydroxyl groups is 1. The molecule has 0 fully saturated rings. The molecule has 3 nitrogen and oxygen atoms in total. The number of likely N-dealkylation sites (N-methyl/N-ethyl adjacent to an activating group) is 1. The van der Waals surface area contributed by atoms with Gasteiger partial charge in [0, 0.05) is 18.5 Å². The standard InChI is InChI=1S/C8H11F3N2OS/c1-13(2-6-4-15-5-12-6)3-7(14)8(9,10)11/h4-5,7,14H,2-3H2,1H3. The Morgan fingerprint density at radius 2 is 2.27 bits per heavy atom. The highest BCUT2D eigenvalue weighted by atomic mass is 32.1. The number of aliphatic hydroxyl groups excluding tert-OH is 1. The quantitative estimate of drug-likeness (QED) is 0.866. The van der Waals surface area contributed by atoms with Gasteiger partial charge in [0.05, 0.1) is 11.2 Å². The number of alkyl halides is 3. The summed E-state index contributed by atoms with van der Waals surface area (Å²) in [6, 6.07) is 0. The molecule has 86 valence electrons. The van der Waals surface area contributed by atoms with E-state index in [1.807, 2.05) is 0 Å². The first-order valence-corrected chi connectivity index (χ1v) is 5.14. The molecule has 0 aliphatic carbocycles. The Balaban J connectivity index is 2.39. The lowest BCUT2D eigenvalue weighted by molar-refractivity contribution is -0.207. The first kappa shape index (κ1) is 12.4. The molecular formula is C8H11F3N2OS. The Bertz CT molecular complexity index is 289. The first-order chi connectivity index (χ1) is 6.89. The summed E-state index contributed by atoms with van der Waals surface area (Å²) in [6.45, 7) is -0.141. The van der Waals surface area contributed by atoms with Crippen molar-refractivity contribution < 1.29 is 18.3 Å². The Morgan fingerprint density at radius 1 is 1.60 bits per heavy atom. The van der Waals surface area contributed by atoms with Gasteiger partial charge in [0.1, 0.15) is 0 Å². The van der Waals surface area contributed by atoms with Gasteiger partial charge in [0.2, 0.25) is 0 Å². The van der Waals surface area contributed by atoms with E-state index >= 15 is 0 Å². The molecule has 0 radical (unpaired) electrons. The van der Waals surface area contributed by atoms with Crippen LogP contribution in [0.2, 0.25) is 0 Å². The van der Waals surface area contributed by atoms with Crippen LogP contribution < -0.4 is 0 Å². The van der Waals surface area contributed by atoms with Gasteiger partial charge in [0.25, 0.3) is 0 Å². The molecule has 15 heavy (non-hydrogen) atoms. The zero-order valence-electron chi connectivity index (χ0n) is 8.03. The molecule has 1 aromatic heterocycles. The van der Waals surface area contributed by atoms with Gasteiger partial charge in [-0.15, -0.1) is 11.3 Å². The van der Waals surface area contributed by atoms with E-state index in [9.17, 15) is 13.2 Å². The van der Waals surface area contributed by atoms with Crippen molar-refractivity contribution in [1.82, 2.24) is 9.88 Å². The molecule has 0 saturated carbocycles. The lowest BCUT2D eigenvalue weighted by Crippen LogP contribution is -2.39. The van der Waals surface area contributed by atoms with Crippen molar-refractivity contribution in [3.05, 3.63) is 16.6 Å². The Labute approximate surface area is 89.2 Å². The third kappa shape index (κ3) is 4.15. The van der Waals surface area contributed by atoms with Gasteiger partial charge in [-0.05, 0) is 7.05 Å². The molecule has 0 saturated heterocycles. The largest absolute Gasteiger partial charge is 0.415 e. The van der Waals surface area contributed by atoms with E-state index in [0.717, 1.165) is 0 Å². The second-order valence-electron chi connectivity index (χ2n) is 3.23. The van der Waals surface area contributed by atoms with Crippen LogP contribution in [0.3, 0.4) is 0 Å². The van der Waals surface area contributed by atoms with Crippen LogP contribution in [0.5, 0.6) is 0 Å². The van der Waals surface area contributed by atoms with Gasteiger partial charge < -0.3 is 5.11 Å². The van der Waals surface area contributed by atoms with Crippen molar-refractivity contribution in [3.8, 4) is 0 Å². The van der Waals surface area contributed by atoms with Crippen molar-refractivity contribution in [2.75, 3.05) is 13.6 Å². The average Bonchev–Trinajstić information content (AvgIpc) is 2.54. The lowest BCUT2D eigenvalue weighted by atomic mass is 10.3. The number of aromatic nitrogens is 1. The van der Waals surface area contributed by atoms with E-state index < -0.39 is 18.8 Å². The van der Waals surface area contributed by atoms with Gasteiger partial charge in [-0.2, -0.15) is 13.2 Å². The normalized spacial score (nSPS) is 14.5. The van der Waals surface area contributed by atoms with Crippen molar-refractivity contribution >= 4 is 11.3 Å². The molecule has 1 unspecified atom stereocenters. The van der Waals surface area contributed by atoms with E-state index in [4.69, 9.17) is 5.11 Å². The van der Waals surface area contributed by atoms with E-state index in [0.29, 0.717) is 12.2 Å². The minimum Gasteiger partial charge on any atom is -0.382 e. The van der Waals surface area contributed by atoms with Crippen molar-refractivity contribution in [1.29, 1.82) is 0 Å². The smallest absolute Gasteiger partial charge is 0.382 e. The number of thiazole rings is 1. The fraction of sp³-hybridized carbons (Fsp3) is 0.625. The zero-order valence-corrected chi connectivity index (χ0v) is 8.85. The number of nitrogens with zero attached hydrogens (tertiary/aromatic N) is 2. The van der Waals surface area contributed by atoms with Gasteiger partial charge in [-0.1, -0.05) is 0 Å². The van der Waals surface area contributed by atoms with Gasteiger partial charge in [-0.3, -0.25) is 4.90 Å². The average molecular weight is 240 g/mol. The molecule has 1 atom stereocenters. The molecular weight excluding hydrogens is 229 g/mol. The maximum atomic E-state index is 12.0. The molecule has 1 heterocycles. The maximum absolute atomic E-state index is 12.0. The predicted molar refractivity (Wildman–Crippen MR) is 50.5 cm³/mol. The minimum absolute atomic E-state index is 0.302. The summed E-state index contributed by atoms with van der Waals surface area (Å²) >= 11 is 1.38. The monoisotopic (exact) mass is 240 g/mol. The lowest BCUT2D eigenvalue weighted by Gasteiger charge is -2.21. The third-order valence-corrected chi connectivity index (χ3v) is 2.41. The Hall–Kier alpha value is -0.660. The second kappa shape index (κ2) is 4.91. The first-order valence-electron chi connectivity index (χ1n) is 4.20. The third-order valence-electron chi connectivity index (χ3n) is 1.78. The number of hydrogen-bond acceptors (Lipinski definition) is 4. The molecule has 0 aliphatic rings. The summed E-state index contributed by atoms with van der Waals surface area (Å²) in [7, 11) is 1.51. The summed E-state index contributed by atoms with van der Waals surface area (Å²) < 4.78 is 36.0.